The average molecular weight is 384 g/mol. The summed E-state index contributed by atoms with van der Waals surface area (Å²) < 4.78 is 32.2. The number of nitrogens with one attached hydrogen (secondary N) is 2. The standard InChI is InChI=1S/C18H28N2O5S/c1-5-13-11-18(13,19-15(22)25-16(2,3)4)14(21)20-26(23,24)17(8-9-17)10-12-6-7-12/h5,12-13H,1,6-11H2,2-4H3,(H,19,22)(H,20,21)/t13-,18-/m1/s1. The second-order valence-corrected chi connectivity index (χ2v) is 11.0. The molecule has 0 radical (unpaired) electrons. The molecule has 2 amide bonds. The van der Waals surface area contributed by atoms with Crippen LogP contribution in [0.15, 0.2) is 12.7 Å². The van der Waals surface area contributed by atoms with Crippen molar-refractivity contribution >= 4 is 22.0 Å². The summed E-state index contributed by atoms with van der Waals surface area (Å²) in [6, 6.07) is 0. The van der Waals surface area contributed by atoms with Crippen LogP contribution in [0.2, 0.25) is 0 Å². The molecule has 3 aliphatic carbocycles. The number of amides is 2. The maximum absolute atomic E-state index is 12.8. The zero-order chi connectivity index (χ0) is 19.4. The summed E-state index contributed by atoms with van der Waals surface area (Å²) in [7, 11) is -3.77. The Morgan fingerprint density at radius 2 is 1.88 bits per heavy atom. The molecule has 0 aromatic rings. The molecule has 0 bridgehead atoms. The van der Waals surface area contributed by atoms with E-state index in [-0.39, 0.29) is 5.92 Å². The molecule has 3 rings (SSSR count). The zero-order valence-electron chi connectivity index (χ0n) is 15.6. The van der Waals surface area contributed by atoms with E-state index in [9.17, 15) is 18.0 Å². The summed E-state index contributed by atoms with van der Waals surface area (Å²) in [6.45, 7) is 8.82. The summed E-state index contributed by atoms with van der Waals surface area (Å²) in [5, 5.41) is 2.56. The predicted octanol–water partition coefficient (Wildman–Crippen LogP) is 2.23. The van der Waals surface area contributed by atoms with Gasteiger partial charge in [-0.3, -0.25) is 9.52 Å². The van der Waals surface area contributed by atoms with Gasteiger partial charge in [0.05, 0.1) is 4.75 Å². The second kappa shape index (κ2) is 5.97. The summed E-state index contributed by atoms with van der Waals surface area (Å²) in [6.07, 6.45) is 5.04. The highest BCUT2D eigenvalue weighted by Gasteiger charge is 2.63. The van der Waals surface area contributed by atoms with E-state index < -0.39 is 37.9 Å². The number of hydrogen-bond donors (Lipinski definition) is 2. The molecular weight excluding hydrogens is 356 g/mol. The molecule has 0 aromatic carbocycles. The van der Waals surface area contributed by atoms with Gasteiger partial charge in [-0.05, 0) is 52.4 Å². The number of hydrogen-bond acceptors (Lipinski definition) is 5. The Bertz CT molecular complexity index is 731. The number of carbonyl (C=O) groups excluding carboxylic acids is 2. The van der Waals surface area contributed by atoms with Crippen LogP contribution in [0.1, 0.15) is 59.3 Å². The minimum absolute atomic E-state index is 0.312. The van der Waals surface area contributed by atoms with Crippen LogP contribution in [0.5, 0.6) is 0 Å². The minimum Gasteiger partial charge on any atom is -0.444 e. The summed E-state index contributed by atoms with van der Waals surface area (Å²) in [5.41, 5.74) is -2.01. The Balaban J connectivity index is 1.69. The van der Waals surface area contributed by atoms with Gasteiger partial charge in [0, 0.05) is 5.92 Å². The van der Waals surface area contributed by atoms with Gasteiger partial charge in [-0.15, -0.1) is 6.58 Å². The van der Waals surface area contributed by atoms with Gasteiger partial charge in [-0.25, -0.2) is 13.2 Å². The van der Waals surface area contributed by atoms with Gasteiger partial charge in [0.15, 0.2) is 0 Å². The smallest absolute Gasteiger partial charge is 0.408 e. The van der Waals surface area contributed by atoms with Crippen LogP contribution in [0.25, 0.3) is 0 Å². The van der Waals surface area contributed by atoms with Gasteiger partial charge >= 0.3 is 6.09 Å². The average Bonchev–Trinajstić information content (AvgIpc) is 3.34. The first-order chi connectivity index (χ1) is 11.9. The van der Waals surface area contributed by atoms with Crippen LogP contribution < -0.4 is 10.0 Å². The Hall–Kier alpha value is -1.57. The van der Waals surface area contributed by atoms with Gasteiger partial charge in [0.2, 0.25) is 10.0 Å². The highest BCUT2D eigenvalue weighted by molar-refractivity contribution is 7.91. The third-order valence-corrected chi connectivity index (χ3v) is 7.56. The quantitative estimate of drug-likeness (QED) is 0.656. The fourth-order valence-corrected chi connectivity index (χ4v) is 5.15. The highest BCUT2D eigenvalue weighted by atomic mass is 32.2. The van der Waals surface area contributed by atoms with E-state index in [4.69, 9.17) is 4.74 Å². The Morgan fingerprint density at radius 3 is 2.31 bits per heavy atom. The van der Waals surface area contributed by atoms with Gasteiger partial charge < -0.3 is 10.1 Å². The number of alkyl carbamates (subject to hydrolysis) is 1. The van der Waals surface area contributed by atoms with E-state index in [0.717, 1.165) is 12.8 Å². The van der Waals surface area contributed by atoms with Gasteiger partial charge in [-0.1, -0.05) is 18.9 Å². The molecule has 0 unspecified atom stereocenters. The van der Waals surface area contributed by atoms with Crippen molar-refractivity contribution in [3.63, 3.8) is 0 Å². The lowest BCUT2D eigenvalue weighted by atomic mass is 10.2. The minimum atomic E-state index is -3.77. The molecule has 146 valence electrons. The molecule has 3 saturated carbocycles. The topological polar surface area (TPSA) is 102 Å². The third kappa shape index (κ3) is 3.75. The molecule has 2 atom stereocenters. The fourth-order valence-electron chi connectivity index (χ4n) is 3.41. The van der Waals surface area contributed by atoms with Crippen molar-refractivity contribution < 1.29 is 22.7 Å². The summed E-state index contributed by atoms with van der Waals surface area (Å²) >= 11 is 0. The Labute approximate surface area is 155 Å². The molecule has 3 aliphatic rings. The molecule has 0 heterocycles. The number of carbonyl (C=O) groups is 2. The maximum atomic E-state index is 12.8. The van der Waals surface area contributed by atoms with E-state index >= 15 is 0 Å². The molecule has 7 nitrogen and oxygen atoms in total. The lowest BCUT2D eigenvalue weighted by molar-refractivity contribution is -0.122. The first kappa shape index (κ1) is 19.2. The molecule has 0 aromatic heterocycles. The van der Waals surface area contributed by atoms with E-state index in [1.807, 2.05) is 0 Å². The molecule has 0 spiro atoms. The number of sulfonamides is 1. The van der Waals surface area contributed by atoms with Crippen molar-refractivity contribution in [2.24, 2.45) is 11.8 Å². The SMILES string of the molecule is C=C[C@@H]1C[C@]1(NC(=O)OC(C)(C)C)C(=O)NS(=O)(=O)C1(CC2CC2)CC1. The van der Waals surface area contributed by atoms with E-state index in [2.05, 4.69) is 16.6 Å². The third-order valence-electron chi connectivity index (χ3n) is 5.39. The fraction of sp³-hybridized carbons (Fsp3) is 0.778. The van der Waals surface area contributed by atoms with Crippen LogP contribution in [-0.4, -0.2) is 36.3 Å². The Kier molecular flexibility index (Phi) is 4.41. The van der Waals surface area contributed by atoms with Crippen molar-refractivity contribution in [2.45, 2.75) is 75.2 Å². The van der Waals surface area contributed by atoms with E-state index in [0.29, 0.717) is 31.6 Å². The molecule has 2 N–H and O–H groups in total. The summed E-state index contributed by atoms with van der Waals surface area (Å²) in [5.74, 6) is -0.556. The number of rotatable bonds is 7. The van der Waals surface area contributed by atoms with Crippen molar-refractivity contribution in [3.05, 3.63) is 12.7 Å². The molecular formula is C18H28N2O5S. The molecule has 26 heavy (non-hydrogen) atoms. The second-order valence-electron chi connectivity index (χ2n) is 8.91. The molecule has 8 heteroatoms. The van der Waals surface area contributed by atoms with Crippen LogP contribution in [-0.2, 0) is 19.6 Å². The maximum Gasteiger partial charge on any atom is 0.408 e. The highest BCUT2D eigenvalue weighted by Crippen LogP contribution is 2.53. The molecule has 0 aliphatic heterocycles. The van der Waals surface area contributed by atoms with Crippen molar-refractivity contribution in [1.29, 1.82) is 0 Å². The largest absolute Gasteiger partial charge is 0.444 e. The summed E-state index contributed by atoms with van der Waals surface area (Å²) in [4.78, 5) is 24.9. The molecule has 3 fully saturated rings. The van der Waals surface area contributed by atoms with E-state index in [1.54, 1.807) is 26.8 Å². The first-order valence-electron chi connectivity index (χ1n) is 9.14. The van der Waals surface area contributed by atoms with Crippen LogP contribution in [0.3, 0.4) is 0 Å². The van der Waals surface area contributed by atoms with Gasteiger partial charge in [0.1, 0.15) is 11.1 Å². The first-order valence-corrected chi connectivity index (χ1v) is 10.6. The number of ether oxygens (including phenoxy) is 1. The molecule has 0 saturated heterocycles. The normalized spacial score (nSPS) is 29.4. The predicted molar refractivity (Wildman–Crippen MR) is 96.8 cm³/mol. The lowest BCUT2D eigenvalue weighted by Gasteiger charge is -2.24. The van der Waals surface area contributed by atoms with Gasteiger partial charge in [-0.2, -0.15) is 0 Å². The monoisotopic (exact) mass is 384 g/mol. The Morgan fingerprint density at radius 1 is 1.27 bits per heavy atom. The van der Waals surface area contributed by atoms with Crippen LogP contribution in [0.4, 0.5) is 4.79 Å². The lowest BCUT2D eigenvalue weighted by Crippen LogP contribution is -2.54. The van der Waals surface area contributed by atoms with Crippen LogP contribution >= 0.6 is 0 Å². The van der Waals surface area contributed by atoms with Crippen LogP contribution in [0, 0.1) is 11.8 Å². The van der Waals surface area contributed by atoms with Crippen molar-refractivity contribution in [2.75, 3.05) is 0 Å². The van der Waals surface area contributed by atoms with Crippen molar-refractivity contribution in [3.8, 4) is 0 Å². The van der Waals surface area contributed by atoms with Crippen molar-refractivity contribution in [1.82, 2.24) is 10.0 Å². The van der Waals surface area contributed by atoms with E-state index in [1.165, 1.54) is 0 Å². The zero-order valence-corrected chi connectivity index (χ0v) is 16.4. The van der Waals surface area contributed by atoms with Gasteiger partial charge in [0.25, 0.3) is 5.91 Å².